The van der Waals surface area contributed by atoms with Crippen molar-refractivity contribution in [2.45, 2.75) is 45.6 Å². The molecule has 0 spiro atoms. The van der Waals surface area contributed by atoms with Gasteiger partial charge < -0.3 is 10.6 Å². The minimum Gasteiger partial charge on any atom is -0.349 e. The van der Waals surface area contributed by atoms with E-state index in [1.165, 1.54) is 12.8 Å². The highest BCUT2D eigenvalue weighted by Crippen LogP contribution is 2.34. The number of carbonyl (C=O) groups is 2. The Morgan fingerprint density at radius 2 is 2.19 bits per heavy atom. The van der Waals surface area contributed by atoms with Crippen LogP contribution in [0.4, 0.5) is 5.69 Å². The summed E-state index contributed by atoms with van der Waals surface area (Å²) >= 11 is 0. The first-order valence-electron chi connectivity index (χ1n) is 7.82. The Kier molecular flexibility index (Phi) is 3.70. The van der Waals surface area contributed by atoms with Crippen LogP contribution in [0.5, 0.6) is 0 Å². The van der Waals surface area contributed by atoms with Gasteiger partial charge in [0.15, 0.2) is 0 Å². The van der Waals surface area contributed by atoms with E-state index in [9.17, 15) is 9.59 Å². The van der Waals surface area contributed by atoms with Gasteiger partial charge in [-0.05, 0) is 48.4 Å². The zero-order chi connectivity index (χ0) is 15.0. The number of benzene rings is 1. The van der Waals surface area contributed by atoms with E-state index in [0.29, 0.717) is 17.9 Å². The van der Waals surface area contributed by atoms with Gasteiger partial charge >= 0.3 is 0 Å². The molecule has 1 heterocycles. The van der Waals surface area contributed by atoms with Crippen LogP contribution in [0.1, 0.15) is 49.0 Å². The van der Waals surface area contributed by atoms with Gasteiger partial charge in [-0.1, -0.05) is 20.3 Å². The number of rotatable bonds is 3. The predicted octanol–water partition coefficient (Wildman–Crippen LogP) is 2.74. The van der Waals surface area contributed by atoms with Crippen molar-refractivity contribution in [1.29, 1.82) is 0 Å². The van der Waals surface area contributed by atoms with Crippen molar-refractivity contribution in [3.8, 4) is 0 Å². The first-order chi connectivity index (χ1) is 10.1. The van der Waals surface area contributed by atoms with Crippen molar-refractivity contribution in [2.24, 2.45) is 11.8 Å². The number of fused-ring (bicyclic) bond motifs is 1. The zero-order valence-electron chi connectivity index (χ0n) is 12.6. The topological polar surface area (TPSA) is 58.2 Å². The lowest BCUT2D eigenvalue weighted by molar-refractivity contribution is -0.115. The highest BCUT2D eigenvalue weighted by atomic mass is 16.2. The fourth-order valence-corrected chi connectivity index (χ4v) is 3.65. The summed E-state index contributed by atoms with van der Waals surface area (Å²) in [5.74, 6) is 1.23. The van der Waals surface area contributed by atoms with Gasteiger partial charge in [0.05, 0.1) is 6.42 Å². The van der Waals surface area contributed by atoms with Crippen molar-refractivity contribution in [1.82, 2.24) is 5.32 Å². The van der Waals surface area contributed by atoms with Gasteiger partial charge in [0, 0.05) is 17.3 Å². The van der Waals surface area contributed by atoms with E-state index >= 15 is 0 Å². The second kappa shape index (κ2) is 5.51. The SMILES string of the molecule is CCC1CCC(NC(=O)c2ccc3c(c2)CC(=O)N3)C1C. The van der Waals surface area contributed by atoms with Crippen LogP contribution in [0.3, 0.4) is 0 Å². The molecule has 1 fully saturated rings. The van der Waals surface area contributed by atoms with Crippen LogP contribution in [0.2, 0.25) is 0 Å². The van der Waals surface area contributed by atoms with Gasteiger partial charge in [0.25, 0.3) is 5.91 Å². The van der Waals surface area contributed by atoms with Crippen LogP contribution in [0, 0.1) is 11.8 Å². The average Bonchev–Trinajstić information content (AvgIpc) is 3.00. The molecule has 1 aromatic carbocycles. The van der Waals surface area contributed by atoms with Gasteiger partial charge in [0.2, 0.25) is 5.91 Å². The first kappa shape index (κ1) is 14.1. The van der Waals surface area contributed by atoms with Crippen LogP contribution in [-0.4, -0.2) is 17.9 Å². The molecule has 112 valence electrons. The summed E-state index contributed by atoms with van der Waals surface area (Å²) in [6.45, 7) is 4.45. The fourth-order valence-electron chi connectivity index (χ4n) is 3.65. The highest BCUT2D eigenvalue weighted by Gasteiger charge is 2.32. The Morgan fingerprint density at radius 3 is 2.90 bits per heavy atom. The van der Waals surface area contributed by atoms with Gasteiger partial charge in [-0.2, -0.15) is 0 Å². The summed E-state index contributed by atoms with van der Waals surface area (Å²) in [6, 6.07) is 5.72. The Labute approximate surface area is 125 Å². The maximum absolute atomic E-state index is 12.4. The minimum atomic E-state index is -0.0225. The van der Waals surface area contributed by atoms with Crippen LogP contribution in [0.15, 0.2) is 18.2 Å². The number of hydrogen-bond acceptors (Lipinski definition) is 2. The van der Waals surface area contributed by atoms with Gasteiger partial charge in [0.1, 0.15) is 0 Å². The lowest BCUT2D eigenvalue weighted by Crippen LogP contribution is -2.37. The highest BCUT2D eigenvalue weighted by molar-refractivity contribution is 6.01. The Morgan fingerprint density at radius 1 is 1.38 bits per heavy atom. The normalized spacial score (nSPS) is 27.3. The summed E-state index contributed by atoms with van der Waals surface area (Å²) in [5.41, 5.74) is 2.40. The second-order valence-corrected chi connectivity index (χ2v) is 6.28. The van der Waals surface area contributed by atoms with E-state index in [1.54, 1.807) is 6.07 Å². The molecule has 0 aromatic heterocycles. The Hall–Kier alpha value is -1.84. The smallest absolute Gasteiger partial charge is 0.251 e. The minimum absolute atomic E-state index is 0.00207. The molecule has 2 aliphatic rings. The van der Waals surface area contributed by atoms with Crippen molar-refractivity contribution >= 4 is 17.5 Å². The van der Waals surface area contributed by atoms with Crippen molar-refractivity contribution in [2.75, 3.05) is 5.32 Å². The Bertz CT molecular complexity index is 582. The second-order valence-electron chi connectivity index (χ2n) is 6.28. The molecular formula is C17H22N2O2. The molecule has 3 rings (SSSR count). The first-order valence-corrected chi connectivity index (χ1v) is 7.82. The summed E-state index contributed by atoms with van der Waals surface area (Å²) in [4.78, 5) is 23.8. The standard InChI is InChI=1S/C17H22N2O2/c1-3-11-4-6-14(10(11)2)19-17(21)12-5-7-15-13(8-12)9-16(20)18-15/h5,7-8,10-11,14H,3-4,6,9H2,1-2H3,(H,18,20)(H,19,21). The van der Waals surface area contributed by atoms with Gasteiger partial charge in [-0.15, -0.1) is 0 Å². The molecule has 0 bridgehead atoms. The van der Waals surface area contributed by atoms with Crippen LogP contribution >= 0.6 is 0 Å². The number of anilines is 1. The largest absolute Gasteiger partial charge is 0.349 e. The van der Waals surface area contributed by atoms with E-state index < -0.39 is 0 Å². The van der Waals surface area contributed by atoms with Crippen molar-refractivity contribution < 1.29 is 9.59 Å². The molecule has 4 heteroatoms. The quantitative estimate of drug-likeness (QED) is 0.897. The molecule has 21 heavy (non-hydrogen) atoms. The summed E-state index contributed by atoms with van der Waals surface area (Å²) in [5, 5.41) is 5.95. The monoisotopic (exact) mass is 286 g/mol. The molecule has 2 N–H and O–H groups in total. The summed E-state index contributed by atoms with van der Waals surface area (Å²) < 4.78 is 0. The maximum atomic E-state index is 12.4. The molecule has 1 aliphatic carbocycles. The lowest BCUT2D eigenvalue weighted by Gasteiger charge is -2.21. The number of amides is 2. The van der Waals surface area contributed by atoms with Crippen molar-refractivity contribution in [3.05, 3.63) is 29.3 Å². The molecule has 1 saturated carbocycles. The molecule has 2 amide bonds. The third-order valence-electron chi connectivity index (χ3n) is 5.06. The summed E-state index contributed by atoms with van der Waals surface area (Å²) in [7, 11) is 0. The zero-order valence-corrected chi connectivity index (χ0v) is 12.6. The molecule has 3 atom stereocenters. The van der Waals surface area contributed by atoms with E-state index in [4.69, 9.17) is 0 Å². The number of hydrogen-bond donors (Lipinski definition) is 2. The average molecular weight is 286 g/mol. The lowest BCUT2D eigenvalue weighted by atomic mass is 9.93. The predicted molar refractivity (Wildman–Crippen MR) is 82.2 cm³/mol. The number of nitrogens with one attached hydrogen (secondary N) is 2. The Balaban J connectivity index is 1.69. The van der Waals surface area contributed by atoms with E-state index in [2.05, 4.69) is 24.5 Å². The van der Waals surface area contributed by atoms with Crippen LogP contribution in [-0.2, 0) is 11.2 Å². The van der Waals surface area contributed by atoms with Crippen LogP contribution < -0.4 is 10.6 Å². The number of carbonyl (C=O) groups excluding carboxylic acids is 2. The molecule has 3 unspecified atom stereocenters. The third kappa shape index (κ3) is 2.67. The maximum Gasteiger partial charge on any atom is 0.251 e. The van der Waals surface area contributed by atoms with E-state index in [0.717, 1.165) is 23.6 Å². The van der Waals surface area contributed by atoms with Crippen molar-refractivity contribution in [3.63, 3.8) is 0 Å². The molecule has 0 saturated heterocycles. The van der Waals surface area contributed by atoms with E-state index in [1.807, 2.05) is 12.1 Å². The van der Waals surface area contributed by atoms with Crippen LogP contribution in [0.25, 0.3) is 0 Å². The van der Waals surface area contributed by atoms with Gasteiger partial charge in [-0.3, -0.25) is 9.59 Å². The molecule has 1 aliphatic heterocycles. The summed E-state index contributed by atoms with van der Waals surface area (Å²) in [6.07, 6.45) is 3.82. The fraction of sp³-hybridized carbons (Fsp3) is 0.529. The van der Waals surface area contributed by atoms with E-state index in [-0.39, 0.29) is 17.9 Å². The molecule has 4 nitrogen and oxygen atoms in total. The van der Waals surface area contributed by atoms with Gasteiger partial charge in [-0.25, -0.2) is 0 Å². The third-order valence-corrected chi connectivity index (χ3v) is 5.06. The molecular weight excluding hydrogens is 264 g/mol. The molecule has 1 aromatic rings. The molecule has 0 radical (unpaired) electrons.